The Balaban J connectivity index is 1.72. The number of halogens is 2. The van der Waals surface area contributed by atoms with Gasteiger partial charge < -0.3 is 9.72 Å². The summed E-state index contributed by atoms with van der Waals surface area (Å²) in [5.74, 6) is 1.35. The van der Waals surface area contributed by atoms with Crippen molar-refractivity contribution >= 4 is 35.0 Å². The van der Waals surface area contributed by atoms with Crippen molar-refractivity contribution in [3.63, 3.8) is 0 Å². The van der Waals surface area contributed by atoms with Gasteiger partial charge in [0.15, 0.2) is 0 Å². The number of H-pyrrole nitrogens is 1. The van der Waals surface area contributed by atoms with Gasteiger partial charge in [-0.05, 0) is 36.1 Å². The van der Waals surface area contributed by atoms with Crippen molar-refractivity contribution in [1.29, 1.82) is 0 Å². The number of ether oxygens (including phenoxy) is 1. The van der Waals surface area contributed by atoms with Gasteiger partial charge in [-0.25, -0.2) is 4.98 Å². The monoisotopic (exact) mass is 420 g/mol. The molecule has 0 fully saturated rings. The zero-order valence-electron chi connectivity index (χ0n) is 15.3. The summed E-state index contributed by atoms with van der Waals surface area (Å²) in [4.78, 5) is 9.14. The molecule has 1 aromatic heterocycles. The molecule has 0 amide bonds. The number of benzene rings is 2. The standard InChI is InChI=1S/C21H22Cl2N2OS/c1-14(2)8-19-21(27-18-10-16(22)9-17(23)11-18)25-20(24-19)13-26-12-15-6-4-3-5-7-15/h3-7,9-11,14H,8,12-13H2,1-2H3,(H,24,25). The van der Waals surface area contributed by atoms with Crippen LogP contribution in [0, 0.1) is 5.92 Å². The minimum Gasteiger partial charge on any atom is -0.369 e. The molecule has 0 spiro atoms. The largest absolute Gasteiger partial charge is 0.369 e. The van der Waals surface area contributed by atoms with Gasteiger partial charge in [-0.15, -0.1) is 0 Å². The molecule has 3 aromatic rings. The Morgan fingerprint density at radius 2 is 1.74 bits per heavy atom. The van der Waals surface area contributed by atoms with Gasteiger partial charge in [0, 0.05) is 20.6 Å². The molecule has 1 heterocycles. The predicted molar refractivity (Wildman–Crippen MR) is 113 cm³/mol. The van der Waals surface area contributed by atoms with Gasteiger partial charge >= 0.3 is 0 Å². The molecule has 0 aliphatic heterocycles. The summed E-state index contributed by atoms with van der Waals surface area (Å²) in [5.41, 5.74) is 2.26. The third-order valence-corrected chi connectivity index (χ3v) is 5.24. The summed E-state index contributed by atoms with van der Waals surface area (Å²) >= 11 is 13.8. The SMILES string of the molecule is CC(C)Cc1[nH]c(COCc2ccccc2)nc1Sc1cc(Cl)cc(Cl)c1. The van der Waals surface area contributed by atoms with Crippen LogP contribution in [-0.4, -0.2) is 9.97 Å². The fourth-order valence-electron chi connectivity index (χ4n) is 2.68. The lowest BCUT2D eigenvalue weighted by molar-refractivity contribution is 0.102. The maximum absolute atomic E-state index is 6.13. The zero-order valence-corrected chi connectivity index (χ0v) is 17.7. The molecule has 3 rings (SSSR count). The molecule has 6 heteroatoms. The number of imidazole rings is 1. The minimum atomic E-state index is 0.441. The van der Waals surface area contributed by atoms with Gasteiger partial charge in [0.1, 0.15) is 17.5 Å². The first-order valence-electron chi connectivity index (χ1n) is 8.83. The number of rotatable bonds is 8. The van der Waals surface area contributed by atoms with Crippen molar-refractivity contribution in [2.45, 2.75) is 43.4 Å². The third kappa shape index (κ3) is 6.28. The van der Waals surface area contributed by atoms with Gasteiger partial charge in [-0.1, -0.05) is 79.1 Å². The molecule has 0 bridgehead atoms. The highest BCUT2D eigenvalue weighted by Gasteiger charge is 2.14. The maximum atomic E-state index is 6.13. The summed E-state index contributed by atoms with van der Waals surface area (Å²) in [7, 11) is 0. The molecule has 27 heavy (non-hydrogen) atoms. The van der Waals surface area contributed by atoms with Crippen molar-refractivity contribution < 1.29 is 4.74 Å². The molecule has 0 saturated heterocycles. The first kappa shape index (κ1) is 20.3. The second-order valence-corrected chi connectivity index (χ2v) is 8.69. The van der Waals surface area contributed by atoms with Crippen LogP contribution in [0.25, 0.3) is 0 Å². The van der Waals surface area contributed by atoms with Gasteiger partial charge in [0.05, 0.1) is 6.61 Å². The molecule has 2 aromatic carbocycles. The molecule has 0 aliphatic rings. The van der Waals surface area contributed by atoms with E-state index in [1.807, 2.05) is 30.3 Å². The van der Waals surface area contributed by atoms with Crippen LogP contribution in [0.4, 0.5) is 0 Å². The first-order chi connectivity index (χ1) is 13.0. The molecule has 0 aliphatic carbocycles. The van der Waals surface area contributed by atoms with Crippen LogP contribution in [0.2, 0.25) is 10.0 Å². The van der Waals surface area contributed by atoms with E-state index in [1.165, 1.54) is 0 Å². The van der Waals surface area contributed by atoms with Gasteiger partial charge in [-0.3, -0.25) is 0 Å². The highest BCUT2D eigenvalue weighted by molar-refractivity contribution is 7.99. The molecule has 0 saturated carbocycles. The van der Waals surface area contributed by atoms with Crippen molar-refractivity contribution in [1.82, 2.24) is 9.97 Å². The van der Waals surface area contributed by atoms with Crippen LogP contribution < -0.4 is 0 Å². The van der Waals surface area contributed by atoms with Gasteiger partial charge in [0.2, 0.25) is 0 Å². The molecular formula is C21H22Cl2N2OS. The van der Waals surface area contributed by atoms with E-state index >= 15 is 0 Å². The number of hydrogen-bond donors (Lipinski definition) is 1. The Labute approximate surface area is 174 Å². The number of hydrogen-bond acceptors (Lipinski definition) is 3. The second kappa shape index (κ2) is 9.65. The lowest BCUT2D eigenvalue weighted by Crippen LogP contribution is -1.98. The Kier molecular flexibility index (Phi) is 7.25. The van der Waals surface area contributed by atoms with Crippen LogP contribution in [0.1, 0.15) is 30.9 Å². The van der Waals surface area contributed by atoms with Gasteiger partial charge in [-0.2, -0.15) is 0 Å². The average Bonchev–Trinajstić information content (AvgIpc) is 2.95. The van der Waals surface area contributed by atoms with E-state index in [9.17, 15) is 0 Å². The Morgan fingerprint density at radius 3 is 2.41 bits per heavy atom. The van der Waals surface area contributed by atoms with Crippen LogP contribution in [0.5, 0.6) is 0 Å². The third-order valence-electron chi connectivity index (χ3n) is 3.80. The van der Waals surface area contributed by atoms with E-state index in [1.54, 1.807) is 17.8 Å². The lowest BCUT2D eigenvalue weighted by atomic mass is 10.1. The molecule has 3 nitrogen and oxygen atoms in total. The normalized spacial score (nSPS) is 11.3. The van der Waals surface area contributed by atoms with Gasteiger partial charge in [0.25, 0.3) is 0 Å². The number of aromatic nitrogens is 2. The topological polar surface area (TPSA) is 37.9 Å². The summed E-state index contributed by atoms with van der Waals surface area (Å²) < 4.78 is 5.82. The average molecular weight is 421 g/mol. The van der Waals surface area contributed by atoms with E-state index in [2.05, 4.69) is 31.0 Å². The van der Waals surface area contributed by atoms with Crippen molar-refractivity contribution in [3.8, 4) is 0 Å². The number of nitrogens with zero attached hydrogens (tertiary/aromatic N) is 1. The summed E-state index contributed by atoms with van der Waals surface area (Å²) in [6.07, 6.45) is 0.919. The van der Waals surface area contributed by atoms with Crippen LogP contribution in [-0.2, 0) is 24.4 Å². The van der Waals surface area contributed by atoms with Crippen LogP contribution in [0.3, 0.4) is 0 Å². The fourth-order valence-corrected chi connectivity index (χ4v) is 4.35. The summed E-state index contributed by atoms with van der Waals surface area (Å²) in [5, 5.41) is 2.19. The number of aromatic amines is 1. The first-order valence-corrected chi connectivity index (χ1v) is 10.4. The van der Waals surface area contributed by atoms with E-state index < -0.39 is 0 Å². The van der Waals surface area contributed by atoms with E-state index in [4.69, 9.17) is 32.9 Å². The zero-order chi connectivity index (χ0) is 19.2. The van der Waals surface area contributed by atoms with E-state index in [0.29, 0.717) is 29.2 Å². The van der Waals surface area contributed by atoms with E-state index in [0.717, 1.165) is 33.4 Å². The molecule has 0 radical (unpaired) electrons. The van der Waals surface area contributed by atoms with Crippen LogP contribution in [0.15, 0.2) is 58.5 Å². The maximum Gasteiger partial charge on any atom is 0.133 e. The lowest BCUT2D eigenvalue weighted by Gasteiger charge is -2.06. The Morgan fingerprint density at radius 1 is 1.04 bits per heavy atom. The highest BCUT2D eigenvalue weighted by Crippen LogP contribution is 2.33. The molecule has 0 unspecified atom stereocenters. The Hall–Kier alpha value is -1.46. The summed E-state index contributed by atoms with van der Waals surface area (Å²) in [6, 6.07) is 15.7. The van der Waals surface area contributed by atoms with E-state index in [-0.39, 0.29) is 0 Å². The molecule has 1 N–H and O–H groups in total. The quantitative estimate of drug-likeness (QED) is 0.436. The van der Waals surface area contributed by atoms with Crippen molar-refractivity contribution in [2.24, 2.45) is 5.92 Å². The fraction of sp³-hybridized carbons (Fsp3) is 0.286. The second-order valence-electron chi connectivity index (χ2n) is 6.75. The van der Waals surface area contributed by atoms with Crippen LogP contribution >= 0.6 is 35.0 Å². The minimum absolute atomic E-state index is 0.441. The highest BCUT2D eigenvalue weighted by atomic mass is 35.5. The smallest absolute Gasteiger partial charge is 0.133 e. The summed E-state index contributed by atoms with van der Waals surface area (Å²) in [6.45, 7) is 5.39. The molecular weight excluding hydrogens is 399 g/mol. The number of nitrogens with one attached hydrogen (secondary N) is 1. The predicted octanol–water partition coefficient (Wildman–Crippen LogP) is 6.78. The van der Waals surface area contributed by atoms with Crippen molar-refractivity contribution in [3.05, 3.63) is 75.7 Å². The van der Waals surface area contributed by atoms with Crippen molar-refractivity contribution in [2.75, 3.05) is 0 Å². The molecule has 142 valence electrons. The molecule has 0 atom stereocenters. The Bertz CT molecular complexity index is 861.